The highest BCUT2D eigenvalue weighted by Crippen LogP contribution is 2.31. The Kier molecular flexibility index (Phi) is 5.57. The number of benzene rings is 2. The van der Waals surface area contributed by atoms with Crippen LogP contribution in [0.5, 0.6) is 0 Å². The fraction of sp³-hybridized carbons (Fsp3) is 0.250. The third-order valence-electron chi connectivity index (χ3n) is 3.09. The van der Waals surface area contributed by atoms with E-state index in [1.54, 1.807) is 18.2 Å². The molecule has 0 aliphatic carbocycles. The maximum Gasteiger partial charge on any atom is 0.126 e. The average Bonchev–Trinajstić information content (AvgIpc) is 2.40. The molecule has 0 fully saturated rings. The minimum absolute atomic E-state index is 0.389. The lowest BCUT2D eigenvalue weighted by Gasteiger charge is -2.21. The highest BCUT2D eigenvalue weighted by Gasteiger charge is 2.18. The first-order valence-electron chi connectivity index (χ1n) is 6.65. The first-order chi connectivity index (χ1) is 10.0. The molecule has 2 aromatic carbocycles. The summed E-state index contributed by atoms with van der Waals surface area (Å²) in [5.41, 5.74) is 1.23. The summed E-state index contributed by atoms with van der Waals surface area (Å²) in [5, 5.41) is 4.23. The van der Waals surface area contributed by atoms with Crippen molar-refractivity contribution in [1.82, 2.24) is 5.32 Å². The Bertz CT molecular complexity index is 611. The number of rotatable bonds is 5. The van der Waals surface area contributed by atoms with E-state index in [1.807, 2.05) is 6.92 Å². The van der Waals surface area contributed by atoms with Crippen LogP contribution in [0.25, 0.3) is 0 Å². The highest BCUT2D eigenvalue weighted by atomic mass is 35.5. The molecular formula is C16H15Cl2F2N. The number of halogens is 4. The second kappa shape index (κ2) is 7.21. The Morgan fingerprint density at radius 3 is 2.29 bits per heavy atom. The summed E-state index contributed by atoms with van der Waals surface area (Å²) in [4.78, 5) is 0. The molecule has 1 unspecified atom stereocenters. The molecule has 2 aromatic rings. The third kappa shape index (κ3) is 4.16. The summed E-state index contributed by atoms with van der Waals surface area (Å²) in [6.07, 6.45) is 0.888. The van der Waals surface area contributed by atoms with Gasteiger partial charge in [-0.05, 0) is 48.4 Å². The Balaban J connectivity index is 2.46. The number of hydrogen-bond acceptors (Lipinski definition) is 1. The maximum atomic E-state index is 13.5. The second-order valence-corrected chi connectivity index (χ2v) is 5.60. The normalized spacial score (nSPS) is 12.4. The molecule has 0 aliphatic rings. The van der Waals surface area contributed by atoms with Crippen molar-refractivity contribution in [3.8, 4) is 0 Å². The SMILES string of the molecule is CCCNC(c1cc(F)cc(F)c1)c1ccc(Cl)cc1Cl. The Hall–Kier alpha value is -1.16. The second-order valence-electron chi connectivity index (χ2n) is 4.76. The average molecular weight is 330 g/mol. The van der Waals surface area contributed by atoms with Crippen LogP contribution in [0.15, 0.2) is 36.4 Å². The van der Waals surface area contributed by atoms with Gasteiger partial charge in [-0.15, -0.1) is 0 Å². The van der Waals surface area contributed by atoms with Crippen LogP contribution in [-0.2, 0) is 0 Å². The molecule has 0 amide bonds. The minimum Gasteiger partial charge on any atom is -0.306 e. The van der Waals surface area contributed by atoms with Gasteiger partial charge in [0.15, 0.2) is 0 Å². The van der Waals surface area contributed by atoms with Crippen molar-refractivity contribution < 1.29 is 8.78 Å². The first-order valence-corrected chi connectivity index (χ1v) is 7.41. The van der Waals surface area contributed by atoms with Gasteiger partial charge in [-0.2, -0.15) is 0 Å². The molecule has 0 saturated carbocycles. The summed E-state index contributed by atoms with van der Waals surface area (Å²) < 4.78 is 26.9. The fourth-order valence-corrected chi connectivity index (χ4v) is 2.69. The molecule has 5 heteroatoms. The highest BCUT2D eigenvalue weighted by molar-refractivity contribution is 6.35. The molecule has 1 N–H and O–H groups in total. The van der Waals surface area contributed by atoms with E-state index in [0.29, 0.717) is 22.2 Å². The van der Waals surface area contributed by atoms with Crippen LogP contribution >= 0.6 is 23.2 Å². The molecule has 112 valence electrons. The van der Waals surface area contributed by atoms with Crippen molar-refractivity contribution in [2.75, 3.05) is 6.54 Å². The molecule has 0 aliphatic heterocycles. The molecular weight excluding hydrogens is 315 g/mol. The molecule has 0 heterocycles. The van der Waals surface area contributed by atoms with Crippen LogP contribution in [0.2, 0.25) is 10.0 Å². The largest absolute Gasteiger partial charge is 0.306 e. The zero-order valence-corrected chi connectivity index (χ0v) is 13.0. The topological polar surface area (TPSA) is 12.0 Å². The standard InChI is InChI=1S/C16H15Cl2F2N/c1-2-5-21-16(10-6-12(19)9-13(20)7-10)14-4-3-11(17)8-15(14)18/h3-4,6-9,16,21H,2,5H2,1H3. The Labute approximate surface area is 132 Å². The number of nitrogens with one attached hydrogen (secondary N) is 1. The fourth-order valence-electron chi connectivity index (χ4n) is 2.17. The Morgan fingerprint density at radius 1 is 1.05 bits per heavy atom. The molecule has 0 spiro atoms. The van der Waals surface area contributed by atoms with E-state index in [0.717, 1.165) is 18.1 Å². The van der Waals surface area contributed by atoms with E-state index in [2.05, 4.69) is 5.32 Å². The predicted octanol–water partition coefficient (Wildman–Crippen LogP) is 5.36. The zero-order valence-electron chi connectivity index (χ0n) is 11.5. The molecule has 0 radical (unpaired) electrons. The van der Waals surface area contributed by atoms with Crippen molar-refractivity contribution in [3.05, 3.63) is 69.2 Å². The number of hydrogen-bond donors (Lipinski definition) is 1. The van der Waals surface area contributed by atoms with Gasteiger partial charge in [-0.1, -0.05) is 36.2 Å². The quantitative estimate of drug-likeness (QED) is 0.778. The van der Waals surface area contributed by atoms with E-state index in [-0.39, 0.29) is 6.04 Å². The monoisotopic (exact) mass is 329 g/mol. The van der Waals surface area contributed by atoms with Gasteiger partial charge in [0.25, 0.3) is 0 Å². The molecule has 1 atom stereocenters. The van der Waals surface area contributed by atoms with E-state index < -0.39 is 11.6 Å². The predicted molar refractivity (Wildman–Crippen MR) is 83.0 cm³/mol. The van der Waals surface area contributed by atoms with Crippen molar-refractivity contribution >= 4 is 23.2 Å². The maximum absolute atomic E-state index is 13.5. The van der Waals surface area contributed by atoms with Gasteiger partial charge in [0.05, 0.1) is 6.04 Å². The lowest BCUT2D eigenvalue weighted by atomic mass is 9.98. The molecule has 0 saturated heterocycles. The van der Waals surface area contributed by atoms with Gasteiger partial charge in [0.1, 0.15) is 11.6 Å². The first kappa shape index (κ1) is 16.2. The summed E-state index contributed by atoms with van der Waals surface area (Å²) >= 11 is 12.1. The van der Waals surface area contributed by atoms with Crippen LogP contribution in [0.1, 0.15) is 30.5 Å². The molecule has 21 heavy (non-hydrogen) atoms. The van der Waals surface area contributed by atoms with E-state index in [4.69, 9.17) is 23.2 Å². The van der Waals surface area contributed by atoms with Crippen molar-refractivity contribution in [3.63, 3.8) is 0 Å². The lowest BCUT2D eigenvalue weighted by molar-refractivity contribution is 0.558. The Morgan fingerprint density at radius 2 is 1.71 bits per heavy atom. The molecule has 1 nitrogen and oxygen atoms in total. The smallest absolute Gasteiger partial charge is 0.126 e. The van der Waals surface area contributed by atoms with E-state index >= 15 is 0 Å². The van der Waals surface area contributed by atoms with E-state index in [1.165, 1.54) is 12.1 Å². The van der Waals surface area contributed by atoms with Gasteiger partial charge < -0.3 is 5.32 Å². The molecule has 0 bridgehead atoms. The van der Waals surface area contributed by atoms with E-state index in [9.17, 15) is 8.78 Å². The van der Waals surface area contributed by atoms with Crippen molar-refractivity contribution in [1.29, 1.82) is 0 Å². The summed E-state index contributed by atoms with van der Waals surface area (Å²) in [7, 11) is 0. The van der Waals surface area contributed by atoms with Gasteiger partial charge in [-0.3, -0.25) is 0 Å². The van der Waals surface area contributed by atoms with Gasteiger partial charge in [0.2, 0.25) is 0 Å². The lowest BCUT2D eigenvalue weighted by Crippen LogP contribution is -2.23. The van der Waals surface area contributed by atoms with Gasteiger partial charge in [0, 0.05) is 16.1 Å². The summed E-state index contributed by atoms with van der Waals surface area (Å²) in [5.74, 6) is -1.23. The van der Waals surface area contributed by atoms with Crippen molar-refractivity contribution in [2.45, 2.75) is 19.4 Å². The van der Waals surface area contributed by atoms with Crippen LogP contribution in [-0.4, -0.2) is 6.54 Å². The minimum atomic E-state index is -0.613. The summed E-state index contributed by atoms with van der Waals surface area (Å²) in [6.45, 7) is 2.71. The van der Waals surface area contributed by atoms with Crippen LogP contribution in [0.4, 0.5) is 8.78 Å². The van der Waals surface area contributed by atoms with Gasteiger partial charge >= 0.3 is 0 Å². The third-order valence-corrected chi connectivity index (χ3v) is 3.65. The van der Waals surface area contributed by atoms with Crippen LogP contribution in [0.3, 0.4) is 0 Å². The van der Waals surface area contributed by atoms with Crippen LogP contribution in [0, 0.1) is 11.6 Å². The van der Waals surface area contributed by atoms with Crippen molar-refractivity contribution in [2.24, 2.45) is 0 Å². The van der Waals surface area contributed by atoms with Gasteiger partial charge in [-0.25, -0.2) is 8.78 Å². The molecule has 0 aromatic heterocycles. The summed E-state index contributed by atoms with van der Waals surface area (Å²) in [6, 6.07) is 8.17. The van der Waals surface area contributed by atoms with Crippen LogP contribution < -0.4 is 5.32 Å². The molecule has 2 rings (SSSR count). The zero-order chi connectivity index (χ0) is 15.4.